The number of hydrogen-bond acceptors (Lipinski definition) is 3. The van der Waals surface area contributed by atoms with Crippen molar-refractivity contribution in [3.05, 3.63) is 29.3 Å². The predicted octanol–water partition coefficient (Wildman–Crippen LogP) is 2.90. The molecule has 3 rings (SSSR count). The molecular weight excluding hydrogens is 326 g/mol. The smallest absolute Gasteiger partial charge is 0.233 e. The molecule has 0 spiro atoms. The van der Waals surface area contributed by atoms with Crippen LogP contribution in [0.1, 0.15) is 43.6 Å². The Morgan fingerprint density at radius 3 is 2.22 bits per heavy atom. The number of carbonyl (C=O) groups is 2. The Bertz CT molecular complexity index is 602. The first-order valence-corrected chi connectivity index (χ1v) is 7.63. The quantitative estimate of drug-likeness (QED) is 0.839. The molecule has 2 amide bonds. The molecule has 1 aromatic rings. The zero-order valence-corrected chi connectivity index (χ0v) is 13.4. The highest BCUT2D eigenvalue weighted by molar-refractivity contribution is 6.16. The number of amides is 2. The number of piperidine rings is 2. The standard InChI is InChI=1S/C16H18F2N2O2.ClH/c17-12-9-14(20-15(21)2-1-3-16(20)22)13(18)8-11(12)10-4-6-19-7-5-10;/h8-10,19H,1-7H2;1H. The van der Waals surface area contributed by atoms with E-state index in [1.54, 1.807) is 0 Å². The minimum atomic E-state index is -0.710. The molecule has 2 heterocycles. The molecule has 7 heteroatoms. The maximum absolute atomic E-state index is 14.4. The number of carbonyl (C=O) groups excluding carboxylic acids is 2. The van der Waals surface area contributed by atoms with Crippen molar-refractivity contribution in [2.45, 2.75) is 38.0 Å². The fraction of sp³-hybridized carbons (Fsp3) is 0.500. The van der Waals surface area contributed by atoms with Gasteiger partial charge < -0.3 is 5.32 Å². The fourth-order valence-corrected chi connectivity index (χ4v) is 3.19. The van der Waals surface area contributed by atoms with Crippen molar-refractivity contribution in [2.24, 2.45) is 0 Å². The van der Waals surface area contributed by atoms with Crippen LogP contribution in [0, 0.1) is 11.6 Å². The fourth-order valence-electron chi connectivity index (χ4n) is 3.19. The Labute approximate surface area is 139 Å². The Hall–Kier alpha value is -1.53. The molecule has 0 unspecified atom stereocenters. The Balaban J connectivity index is 0.00000192. The second kappa shape index (κ2) is 7.36. The zero-order valence-electron chi connectivity index (χ0n) is 12.6. The number of rotatable bonds is 2. The average Bonchev–Trinajstić information content (AvgIpc) is 2.51. The lowest BCUT2D eigenvalue weighted by atomic mass is 9.89. The molecule has 1 aromatic carbocycles. The van der Waals surface area contributed by atoms with Gasteiger partial charge >= 0.3 is 0 Å². The van der Waals surface area contributed by atoms with Crippen LogP contribution in [0.5, 0.6) is 0 Å². The van der Waals surface area contributed by atoms with Gasteiger partial charge in [0.25, 0.3) is 0 Å². The van der Waals surface area contributed by atoms with E-state index in [-0.39, 0.29) is 36.9 Å². The van der Waals surface area contributed by atoms with Crippen LogP contribution in [-0.2, 0) is 9.59 Å². The third-order valence-corrected chi connectivity index (χ3v) is 4.37. The van der Waals surface area contributed by atoms with Gasteiger partial charge in [-0.3, -0.25) is 9.59 Å². The molecule has 0 radical (unpaired) electrons. The highest BCUT2D eigenvalue weighted by atomic mass is 35.5. The SMILES string of the molecule is Cl.O=C1CCCC(=O)N1c1cc(F)c(C2CCNCC2)cc1F. The molecule has 2 fully saturated rings. The Morgan fingerprint density at radius 1 is 1.00 bits per heavy atom. The molecule has 4 nitrogen and oxygen atoms in total. The summed E-state index contributed by atoms with van der Waals surface area (Å²) in [6, 6.07) is 2.14. The maximum Gasteiger partial charge on any atom is 0.233 e. The van der Waals surface area contributed by atoms with Crippen LogP contribution in [0.2, 0.25) is 0 Å². The normalized spacial score (nSPS) is 19.7. The minimum Gasteiger partial charge on any atom is -0.317 e. The summed E-state index contributed by atoms with van der Waals surface area (Å²) in [6.07, 6.45) is 2.33. The van der Waals surface area contributed by atoms with E-state index in [0.29, 0.717) is 12.0 Å². The van der Waals surface area contributed by atoms with Crippen LogP contribution >= 0.6 is 12.4 Å². The first-order valence-electron chi connectivity index (χ1n) is 7.63. The van der Waals surface area contributed by atoms with E-state index in [2.05, 4.69) is 5.32 Å². The zero-order chi connectivity index (χ0) is 15.7. The molecular formula is C16H19ClF2N2O2. The topological polar surface area (TPSA) is 49.4 Å². The van der Waals surface area contributed by atoms with Crippen LogP contribution in [0.3, 0.4) is 0 Å². The van der Waals surface area contributed by atoms with Crippen LogP contribution in [-0.4, -0.2) is 24.9 Å². The Morgan fingerprint density at radius 2 is 1.61 bits per heavy atom. The van der Waals surface area contributed by atoms with Gasteiger partial charge in [0.1, 0.15) is 11.6 Å². The third kappa shape index (κ3) is 3.53. The second-order valence-electron chi connectivity index (χ2n) is 5.83. The lowest BCUT2D eigenvalue weighted by molar-refractivity contribution is -0.129. The molecule has 2 saturated heterocycles. The molecule has 0 saturated carbocycles. The highest BCUT2D eigenvalue weighted by Gasteiger charge is 2.31. The van der Waals surface area contributed by atoms with Gasteiger partial charge in [0, 0.05) is 18.9 Å². The number of benzene rings is 1. The summed E-state index contributed by atoms with van der Waals surface area (Å²) >= 11 is 0. The van der Waals surface area contributed by atoms with E-state index < -0.39 is 23.4 Å². The van der Waals surface area contributed by atoms with Gasteiger partial charge in [-0.05, 0) is 49.9 Å². The van der Waals surface area contributed by atoms with Crippen LogP contribution in [0.25, 0.3) is 0 Å². The average molecular weight is 345 g/mol. The van der Waals surface area contributed by atoms with Gasteiger partial charge in [0.05, 0.1) is 5.69 Å². The van der Waals surface area contributed by atoms with E-state index in [0.717, 1.165) is 43.0 Å². The van der Waals surface area contributed by atoms with Gasteiger partial charge in [0.2, 0.25) is 11.8 Å². The number of anilines is 1. The molecule has 0 atom stereocenters. The van der Waals surface area contributed by atoms with Gasteiger partial charge in [-0.15, -0.1) is 12.4 Å². The molecule has 126 valence electrons. The van der Waals surface area contributed by atoms with Crippen molar-refractivity contribution in [1.29, 1.82) is 0 Å². The van der Waals surface area contributed by atoms with E-state index in [1.165, 1.54) is 0 Å². The number of nitrogens with zero attached hydrogens (tertiary/aromatic N) is 1. The van der Waals surface area contributed by atoms with E-state index in [1.807, 2.05) is 0 Å². The summed E-state index contributed by atoms with van der Waals surface area (Å²) in [5.74, 6) is -2.22. The molecule has 2 aliphatic rings. The van der Waals surface area contributed by atoms with Crippen molar-refractivity contribution >= 4 is 29.9 Å². The van der Waals surface area contributed by atoms with Crippen LogP contribution in [0.4, 0.5) is 14.5 Å². The van der Waals surface area contributed by atoms with Gasteiger partial charge in [-0.1, -0.05) is 0 Å². The lowest BCUT2D eigenvalue weighted by Gasteiger charge is -2.27. The van der Waals surface area contributed by atoms with E-state index >= 15 is 0 Å². The van der Waals surface area contributed by atoms with Crippen molar-refractivity contribution in [3.8, 4) is 0 Å². The van der Waals surface area contributed by atoms with Crippen molar-refractivity contribution in [3.63, 3.8) is 0 Å². The van der Waals surface area contributed by atoms with E-state index in [4.69, 9.17) is 0 Å². The Kier molecular flexibility index (Phi) is 5.70. The number of nitrogens with one attached hydrogen (secondary N) is 1. The summed E-state index contributed by atoms with van der Waals surface area (Å²) in [4.78, 5) is 24.5. The maximum atomic E-state index is 14.4. The van der Waals surface area contributed by atoms with E-state index in [9.17, 15) is 18.4 Å². The second-order valence-corrected chi connectivity index (χ2v) is 5.83. The first kappa shape index (κ1) is 17.8. The number of imide groups is 1. The van der Waals surface area contributed by atoms with Crippen molar-refractivity contribution in [1.82, 2.24) is 5.32 Å². The monoisotopic (exact) mass is 344 g/mol. The molecule has 23 heavy (non-hydrogen) atoms. The summed E-state index contributed by atoms with van der Waals surface area (Å²) in [6.45, 7) is 1.55. The highest BCUT2D eigenvalue weighted by Crippen LogP contribution is 2.33. The summed E-state index contributed by atoms with van der Waals surface area (Å²) in [5, 5.41) is 3.18. The largest absolute Gasteiger partial charge is 0.317 e. The number of halogens is 3. The first-order chi connectivity index (χ1) is 10.6. The predicted molar refractivity (Wildman–Crippen MR) is 84.8 cm³/mol. The minimum absolute atomic E-state index is 0. The number of hydrogen-bond donors (Lipinski definition) is 1. The third-order valence-electron chi connectivity index (χ3n) is 4.37. The summed E-state index contributed by atoms with van der Waals surface area (Å²) < 4.78 is 28.8. The molecule has 0 bridgehead atoms. The molecule has 2 aliphatic heterocycles. The molecule has 1 N–H and O–H groups in total. The molecule has 0 aromatic heterocycles. The van der Waals surface area contributed by atoms with Crippen molar-refractivity contribution in [2.75, 3.05) is 18.0 Å². The summed E-state index contributed by atoms with van der Waals surface area (Å²) in [5.41, 5.74) is 0.0736. The van der Waals surface area contributed by atoms with Gasteiger partial charge in [0.15, 0.2) is 0 Å². The van der Waals surface area contributed by atoms with Gasteiger partial charge in [-0.25, -0.2) is 13.7 Å². The van der Waals surface area contributed by atoms with Crippen LogP contribution < -0.4 is 10.2 Å². The lowest BCUT2D eigenvalue weighted by Crippen LogP contribution is -2.40. The van der Waals surface area contributed by atoms with Gasteiger partial charge in [-0.2, -0.15) is 0 Å². The molecule has 0 aliphatic carbocycles. The van der Waals surface area contributed by atoms with Crippen LogP contribution in [0.15, 0.2) is 12.1 Å². The summed E-state index contributed by atoms with van der Waals surface area (Å²) in [7, 11) is 0. The van der Waals surface area contributed by atoms with Crippen molar-refractivity contribution < 1.29 is 18.4 Å².